The quantitative estimate of drug-likeness (QED) is 0.794. The third kappa shape index (κ3) is 4.54. The molecule has 0 aromatic heterocycles. The molecule has 3 N–H and O–H groups in total. The Morgan fingerprint density at radius 1 is 0.955 bits per heavy atom. The first-order valence-corrected chi connectivity index (χ1v) is 10.0. The Balaban J connectivity index is 2.22. The average Bonchev–Trinajstić information content (AvgIpc) is 2.39. The topological polar surface area (TPSA) is 106 Å². The number of nitrogens with two attached hydrogens (primary N) is 1. The summed E-state index contributed by atoms with van der Waals surface area (Å²) < 4.78 is 49.4. The summed E-state index contributed by atoms with van der Waals surface area (Å²) in [4.78, 5) is 0.114. The second-order valence-corrected chi connectivity index (χ2v) is 8.66. The van der Waals surface area contributed by atoms with Crippen molar-refractivity contribution < 1.29 is 16.8 Å². The maximum absolute atomic E-state index is 12.3. The van der Waals surface area contributed by atoms with Crippen molar-refractivity contribution in [3.05, 3.63) is 58.6 Å². The monoisotopic (exact) mass is 404 g/mol. The molecule has 0 atom stereocenters. The standard InChI is InChI=1S/C13H13BrN2O4S2/c14-12-3-1-2-4-13(12)22(19,20)16-11-7-5-10(6-8-11)9-21(15,17)18/h1-8,16H,9H2,(H2,15,17,18). The highest BCUT2D eigenvalue weighted by atomic mass is 79.9. The molecule has 118 valence electrons. The summed E-state index contributed by atoms with van der Waals surface area (Å²) in [5.41, 5.74) is 0.806. The van der Waals surface area contributed by atoms with Gasteiger partial charge < -0.3 is 0 Å². The molecule has 0 amide bonds. The van der Waals surface area contributed by atoms with Gasteiger partial charge in [-0.05, 0) is 45.8 Å². The molecule has 0 saturated heterocycles. The van der Waals surface area contributed by atoms with Gasteiger partial charge in [0.05, 0.1) is 5.75 Å². The predicted octanol–water partition coefficient (Wildman–Crippen LogP) is 2.04. The van der Waals surface area contributed by atoms with Crippen LogP contribution >= 0.6 is 15.9 Å². The molecule has 0 heterocycles. The number of anilines is 1. The molecule has 22 heavy (non-hydrogen) atoms. The van der Waals surface area contributed by atoms with Crippen molar-refractivity contribution in [2.75, 3.05) is 4.72 Å². The predicted molar refractivity (Wildman–Crippen MR) is 88.2 cm³/mol. The van der Waals surface area contributed by atoms with E-state index in [0.29, 0.717) is 15.7 Å². The molecule has 0 aliphatic heterocycles. The summed E-state index contributed by atoms with van der Waals surface area (Å²) in [6.45, 7) is 0. The van der Waals surface area contributed by atoms with E-state index in [-0.39, 0.29) is 10.6 Å². The Morgan fingerprint density at radius 3 is 2.09 bits per heavy atom. The third-order valence-corrected chi connectivity index (χ3v) is 5.83. The van der Waals surface area contributed by atoms with Crippen LogP contribution in [-0.4, -0.2) is 16.8 Å². The van der Waals surface area contributed by atoms with Gasteiger partial charge in [0.15, 0.2) is 0 Å². The zero-order valence-electron chi connectivity index (χ0n) is 11.2. The van der Waals surface area contributed by atoms with E-state index in [2.05, 4.69) is 20.7 Å². The lowest BCUT2D eigenvalue weighted by atomic mass is 10.2. The Morgan fingerprint density at radius 2 is 1.55 bits per heavy atom. The van der Waals surface area contributed by atoms with Crippen molar-refractivity contribution in [1.82, 2.24) is 0 Å². The smallest absolute Gasteiger partial charge is 0.263 e. The van der Waals surface area contributed by atoms with Crippen LogP contribution in [0, 0.1) is 0 Å². The number of hydrogen-bond acceptors (Lipinski definition) is 4. The van der Waals surface area contributed by atoms with Gasteiger partial charge in [-0.25, -0.2) is 22.0 Å². The minimum Gasteiger partial charge on any atom is -0.280 e. The van der Waals surface area contributed by atoms with Crippen LogP contribution in [0.1, 0.15) is 5.56 Å². The van der Waals surface area contributed by atoms with E-state index >= 15 is 0 Å². The number of halogens is 1. The maximum atomic E-state index is 12.3. The highest BCUT2D eigenvalue weighted by Gasteiger charge is 2.17. The van der Waals surface area contributed by atoms with Gasteiger partial charge in [0.25, 0.3) is 10.0 Å². The zero-order chi connectivity index (χ0) is 16.4. The van der Waals surface area contributed by atoms with Crippen molar-refractivity contribution in [2.24, 2.45) is 5.14 Å². The van der Waals surface area contributed by atoms with Gasteiger partial charge in [0.1, 0.15) is 4.90 Å². The van der Waals surface area contributed by atoms with Gasteiger partial charge >= 0.3 is 0 Å². The first-order chi connectivity index (χ1) is 10.2. The molecule has 0 aliphatic rings. The molecule has 6 nitrogen and oxygen atoms in total. The molecule has 0 spiro atoms. The van der Waals surface area contributed by atoms with Crippen LogP contribution in [-0.2, 0) is 25.8 Å². The van der Waals surface area contributed by atoms with Crippen molar-refractivity contribution in [1.29, 1.82) is 0 Å². The Bertz CT molecular complexity index is 879. The number of primary sulfonamides is 1. The zero-order valence-corrected chi connectivity index (χ0v) is 14.4. The van der Waals surface area contributed by atoms with Gasteiger partial charge in [-0.2, -0.15) is 0 Å². The molecule has 0 radical (unpaired) electrons. The number of nitrogens with one attached hydrogen (secondary N) is 1. The molecular weight excluding hydrogens is 392 g/mol. The summed E-state index contributed by atoms with van der Waals surface area (Å²) >= 11 is 3.19. The molecule has 2 rings (SSSR count). The molecule has 0 unspecified atom stereocenters. The lowest BCUT2D eigenvalue weighted by molar-refractivity contribution is 0.596. The van der Waals surface area contributed by atoms with Crippen LogP contribution in [0.2, 0.25) is 0 Å². The van der Waals surface area contributed by atoms with E-state index in [0.717, 1.165) is 0 Å². The van der Waals surface area contributed by atoms with E-state index < -0.39 is 20.0 Å². The number of hydrogen-bond donors (Lipinski definition) is 2. The van der Waals surface area contributed by atoms with Crippen LogP contribution in [0.15, 0.2) is 57.9 Å². The summed E-state index contributed by atoms with van der Waals surface area (Å²) in [5, 5.41) is 4.96. The number of benzene rings is 2. The first kappa shape index (κ1) is 16.9. The highest BCUT2D eigenvalue weighted by molar-refractivity contribution is 9.10. The minimum atomic E-state index is -3.73. The Hall–Kier alpha value is -1.42. The normalized spacial score (nSPS) is 12.1. The Labute approximate surface area is 137 Å². The maximum Gasteiger partial charge on any atom is 0.263 e. The fourth-order valence-corrected chi connectivity index (χ4v) is 4.49. The molecule has 0 bridgehead atoms. The fraction of sp³-hybridized carbons (Fsp3) is 0.0769. The fourth-order valence-electron chi connectivity index (χ4n) is 1.77. The summed E-state index contributed by atoms with van der Waals surface area (Å²) in [6.07, 6.45) is 0. The summed E-state index contributed by atoms with van der Waals surface area (Å²) in [5.74, 6) is -0.301. The van der Waals surface area contributed by atoms with Crippen LogP contribution in [0.3, 0.4) is 0 Å². The van der Waals surface area contributed by atoms with Crippen molar-refractivity contribution in [3.63, 3.8) is 0 Å². The molecule has 0 aliphatic carbocycles. The Kier molecular flexibility index (Phi) is 4.90. The van der Waals surface area contributed by atoms with Gasteiger partial charge in [-0.3, -0.25) is 4.72 Å². The lowest BCUT2D eigenvalue weighted by Gasteiger charge is -2.10. The van der Waals surface area contributed by atoms with Gasteiger partial charge in [-0.15, -0.1) is 0 Å². The summed E-state index contributed by atoms with van der Waals surface area (Å²) in [7, 11) is -7.35. The third-order valence-electron chi connectivity index (χ3n) is 2.70. The minimum absolute atomic E-state index is 0.114. The SMILES string of the molecule is NS(=O)(=O)Cc1ccc(NS(=O)(=O)c2ccccc2Br)cc1. The molecule has 9 heteroatoms. The molecule has 2 aromatic rings. The largest absolute Gasteiger partial charge is 0.280 e. The van der Waals surface area contributed by atoms with Crippen LogP contribution < -0.4 is 9.86 Å². The van der Waals surface area contributed by atoms with Crippen molar-refractivity contribution in [2.45, 2.75) is 10.6 Å². The lowest BCUT2D eigenvalue weighted by Crippen LogP contribution is -2.15. The van der Waals surface area contributed by atoms with E-state index in [1.165, 1.54) is 30.3 Å². The van der Waals surface area contributed by atoms with Crippen molar-refractivity contribution in [3.8, 4) is 0 Å². The van der Waals surface area contributed by atoms with Crippen LogP contribution in [0.25, 0.3) is 0 Å². The van der Waals surface area contributed by atoms with Crippen LogP contribution in [0.5, 0.6) is 0 Å². The van der Waals surface area contributed by atoms with Gasteiger partial charge in [-0.1, -0.05) is 24.3 Å². The number of rotatable bonds is 5. The highest BCUT2D eigenvalue weighted by Crippen LogP contribution is 2.24. The van der Waals surface area contributed by atoms with Gasteiger partial charge in [0.2, 0.25) is 10.0 Å². The van der Waals surface area contributed by atoms with E-state index in [1.54, 1.807) is 18.2 Å². The van der Waals surface area contributed by atoms with Crippen molar-refractivity contribution >= 4 is 41.7 Å². The average molecular weight is 405 g/mol. The second kappa shape index (κ2) is 6.37. The van der Waals surface area contributed by atoms with E-state index in [4.69, 9.17) is 5.14 Å². The number of sulfonamides is 2. The van der Waals surface area contributed by atoms with E-state index in [1.807, 2.05) is 0 Å². The molecule has 2 aromatic carbocycles. The molecule has 0 saturated carbocycles. The summed E-state index contributed by atoms with van der Waals surface area (Å²) in [6, 6.07) is 12.4. The molecular formula is C13H13BrN2O4S2. The van der Waals surface area contributed by atoms with Crippen LogP contribution in [0.4, 0.5) is 5.69 Å². The van der Waals surface area contributed by atoms with E-state index in [9.17, 15) is 16.8 Å². The van der Waals surface area contributed by atoms with Gasteiger partial charge in [0, 0.05) is 10.2 Å². The first-order valence-electron chi connectivity index (χ1n) is 6.04. The molecule has 0 fully saturated rings. The second-order valence-electron chi connectivity index (χ2n) is 4.54.